The van der Waals surface area contributed by atoms with Gasteiger partial charge < -0.3 is 9.84 Å². The fourth-order valence-corrected chi connectivity index (χ4v) is 1.65. The summed E-state index contributed by atoms with van der Waals surface area (Å²) in [6.45, 7) is 2.65. The van der Waals surface area contributed by atoms with Gasteiger partial charge in [-0.3, -0.25) is 4.98 Å². The van der Waals surface area contributed by atoms with E-state index in [1.54, 1.807) is 6.20 Å². The van der Waals surface area contributed by atoms with Crippen molar-refractivity contribution in [3.63, 3.8) is 0 Å². The molecule has 1 N–H and O–H groups in total. The van der Waals surface area contributed by atoms with Crippen molar-refractivity contribution in [2.24, 2.45) is 0 Å². The molecule has 2 aromatic rings. The molecule has 5 nitrogen and oxygen atoms in total. The third-order valence-electron chi connectivity index (χ3n) is 2.81. The van der Waals surface area contributed by atoms with Gasteiger partial charge in [-0.25, -0.2) is 0 Å². The predicted octanol–water partition coefficient (Wildman–Crippen LogP) is 1.69. The summed E-state index contributed by atoms with van der Waals surface area (Å²) in [6.07, 6.45) is 4.24. The van der Waals surface area contributed by atoms with Gasteiger partial charge in [-0.05, 0) is 31.4 Å². The van der Waals surface area contributed by atoms with Crippen LogP contribution >= 0.6 is 0 Å². The topological polar surface area (TPSA) is 63.8 Å². The Labute approximate surface area is 99.3 Å². The van der Waals surface area contributed by atoms with Crippen LogP contribution in [0.4, 0.5) is 0 Å². The van der Waals surface area contributed by atoms with E-state index in [9.17, 15) is 0 Å². The Morgan fingerprint density at radius 1 is 1.47 bits per heavy atom. The lowest BCUT2D eigenvalue weighted by Gasteiger charge is -1.97. The summed E-state index contributed by atoms with van der Waals surface area (Å²) in [6, 6.07) is 4.52. The summed E-state index contributed by atoms with van der Waals surface area (Å²) < 4.78 is 5.22. The molecule has 0 bridgehead atoms. The van der Waals surface area contributed by atoms with Gasteiger partial charge in [0.1, 0.15) is 5.69 Å². The van der Waals surface area contributed by atoms with Crippen molar-refractivity contribution in [2.75, 3.05) is 0 Å². The number of hydrogen-bond acceptors (Lipinski definition) is 5. The van der Waals surface area contributed by atoms with Crippen LogP contribution in [0, 0.1) is 6.92 Å². The molecule has 2 heterocycles. The highest BCUT2D eigenvalue weighted by Gasteiger charge is 2.21. The zero-order valence-corrected chi connectivity index (χ0v) is 9.68. The van der Waals surface area contributed by atoms with E-state index in [0.29, 0.717) is 24.3 Å². The summed E-state index contributed by atoms with van der Waals surface area (Å²) in [5.41, 5.74) is 1.80. The van der Waals surface area contributed by atoms with Gasteiger partial charge in [-0.2, -0.15) is 4.98 Å². The monoisotopic (exact) mass is 230 g/mol. The Morgan fingerprint density at radius 2 is 2.35 bits per heavy atom. The molecule has 0 aliphatic heterocycles. The Kier molecular flexibility index (Phi) is 2.60. The van der Waals surface area contributed by atoms with Gasteiger partial charge in [0.05, 0.1) is 6.54 Å². The first-order chi connectivity index (χ1) is 8.33. The Morgan fingerprint density at radius 3 is 3.12 bits per heavy atom. The molecule has 2 aromatic heterocycles. The van der Waals surface area contributed by atoms with Gasteiger partial charge in [-0.1, -0.05) is 11.2 Å². The van der Waals surface area contributed by atoms with Crippen LogP contribution in [0.5, 0.6) is 0 Å². The molecule has 0 atom stereocenters. The van der Waals surface area contributed by atoms with E-state index < -0.39 is 0 Å². The third-order valence-corrected chi connectivity index (χ3v) is 2.81. The number of aromatic nitrogens is 3. The van der Waals surface area contributed by atoms with E-state index >= 15 is 0 Å². The Hall–Kier alpha value is -1.75. The minimum absolute atomic E-state index is 0.496. The van der Waals surface area contributed by atoms with Crippen molar-refractivity contribution >= 4 is 0 Å². The number of aryl methyl sites for hydroxylation is 1. The van der Waals surface area contributed by atoms with Gasteiger partial charge >= 0.3 is 0 Å². The summed E-state index contributed by atoms with van der Waals surface area (Å²) in [5.74, 6) is 1.19. The molecule has 1 fully saturated rings. The SMILES string of the molecule is Cc1cccnc1-c1nc(CNC2CC2)no1. The second-order valence-electron chi connectivity index (χ2n) is 4.34. The van der Waals surface area contributed by atoms with Crippen LogP contribution < -0.4 is 5.32 Å². The van der Waals surface area contributed by atoms with Gasteiger partial charge in [0.2, 0.25) is 0 Å². The maximum Gasteiger partial charge on any atom is 0.276 e. The first kappa shape index (κ1) is 10.4. The molecule has 88 valence electrons. The highest BCUT2D eigenvalue weighted by Crippen LogP contribution is 2.20. The Balaban J connectivity index is 1.77. The zero-order chi connectivity index (χ0) is 11.7. The molecular formula is C12H14N4O. The molecule has 17 heavy (non-hydrogen) atoms. The van der Waals surface area contributed by atoms with Crippen LogP contribution in [0.2, 0.25) is 0 Å². The molecule has 1 aliphatic rings. The standard InChI is InChI=1S/C12H14N4O/c1-8-3-2-6-13-11(8)12-15-10(16-17-12)7-14-9-4-5-9/h2-3,6,9,14H,4-5,7H2,1H3. The molecule has 3 rings (SSSR count). The van der Waals surface area contributed by atoms with Crippen LogP contribution in [0.25, 0.3) is 11.6 Å². The van der Waals surface area contributed by atoms with Crippen molar-refractivity contribution in [3.8, 4) is 11.6 Å². The molecule has 0 unspecified atom stereocenters. The zero-order valence-electron chi connectivity index (χ0n) is 9.68. The lowest BCUT2D eigenvalue weighted by Crippen LogP contribution is -2.16. The summed E-state index contributed by atoms with van der Waals surface area (Å²) in [7, 11) is 0. The first-order valence-corrected chi connectivity index (χ1v) is 5.81. The van der Waals surface area contributed by atoms with Gasteiger partial charge in [0.15, 0.2) is 5.82 Å². The normalized spacial score (nSPS) is 15.1. The van der Waals surface area contributed by atoms with E-state index in [1.807, 2.05) is 19.1 Å². The highest BCUT2D eigenvalue weighted by molar-refractivity contribution is 5.51. The average Bonchev–Trinajstić information content (AvgIpc) is 3.06. The number of nitrogens with zero attached hydrogens (tertiary/aromatic N) is 3. The first-order valence-electron chi connectivity index (χ1n) is 5.81. The third kappa shape index (κ3) is 2.34. The van der Waals surface area contributed by atoms with E-state index in [4.69, 9.17) is 4.52 Å². The van der Waals surface area contributed by atoms with Crippen LogP contribution in [-0.4, -0.2) is 21.2 Å². The largest absolute Gasteiger partial charge is 0.332 e. The molecule has 0 amide bonds. The van der Waals surface area contributed by atoms with Crippen LogP contribution in [0.3, 0.4) is 0 Å². The van der Waals surface area contributed by atoms with Crippen molar-refractivity contribution in [1.82, 2.24) is 20.4 Å². The molecule has 0 spiro atoms. The maximum absolute atomic E-state index is 5.22. The van der Waals surface area contributed by atoms with Gasteiger partial charge in [-0.15, -0.1) is 0 Å². The lowest BCUT2D eigenvalue weighted by molar-refractivity contribution is 0.418. The molecule has 0 radical (unpaired) electrons. The molecule has 1 aliphatic carbocycles. The van der Waals surface area contributed by atoms with Gasteiger partial charge in [0, 0.05) is 12.2 Å². The smallest absolute Gasteiger partial charge is 0.276 e. The minimum atomic E-state index is 0.496. The molecule has 0 saturated heterocycles. The van der Waals surface area contributed by atoms with E-state index in [0.717, 1.165) is 11.3 Å². The van der Waals surface area contributed by atoms with E-state index in [2.05, 4.69) is 20.4 Å². The van der Waals surface area contributed by atoms with E-state index in [1.165, 1.54) is 12.8 Å². The summed E-state index contributed by atoms with van der Waals surface area (Å²) in [4.78, 5) is 8.59. The second-order valence-corrected chi connectivity index (χ2v) is 4.34. The van der Waals surface area contributed by atoms with Crippen LogP contribution in [0.1, 0.15) is 24.2 Å². The predicted molar refractivity (Wildman–Crippen MR) is 62.1 cm³/mol. The number of pyridine rings is 1. The van der Waals surface area contributed by atoms with Crippen molar-refractivity contribution in [1.29, 1.82) is 0 Å². The average molecular weight is 230 g/mol. The minimum Gasteiger partial charge on any atom is -0.332 e. The Bertz CT molecular complexity index is 519. The molecule has 0 aromatic carbocycles. The second kappa shape index (κ2) is 4.25. The lowest BCUT2D eigenvalue weighted by atomic mass is 10.2. The van der Waals surface area contributed by atoms with Crippen molar-refractivity contribution < 1.29 is 4.52 Å². The quantitative estimate of drug-likeness (QED) is 0.866. The number of nitrogens with one attached hydrogen (secondary N) is 1. The number of rotatable bonds is 4. The summed E-state index contributed by atoms with van der Waals surface area (Å²) >= 11 is 0. The highest BCUT2D eigenvalue weighted by atomic mass is 16.5. The molecule has 5 heteroatoms. The van der Waals surface area contributed by atoms with Crippen LogP contribution in [0.15, 0.2) is 22.9 Å². The molecule has 1 saturated carbocycles. The molecular weight excluding hydrogens is 216 g/mol. The fraction of sp³-hybridized carbons (Fsp3) is 0.417. The van der Waals surface area contributed by atoms with Gasteiger partial charge in [0.25, 0.3) is 5.89 Å². The van der Waals surface area contributed by atoms with Crippen molar-refractivity contribution in [2.45, 2.75) is 32.4 Å². The maximum atomic E-state index is 5.22. The van der Waals surface area contributed by atoms with Crippen molar-refractivity contribution in [3.05, 3.63) is 29.7 Å². The number of hydrogen-bond donors (Lipinski definition) is 1. The fourth-order valence-electron chi connectivity index (χ4n) is 1.65. The van der Waals surface area contributed by atoms with E-state index in [-0.39, 0.29) is 0 Å². The summed E-state index contributed by atoms with van der Waals surface area (Å²) in [5, 5.41) is 7.29. The van der Waals surface area contributed by atoms with Crippen LogP contribution in [-0.2, 0) is 6.54 Å².